The Morgan fingerprint density at radius 1 is 0.970 bits per heavy atom. The fourth-order valence-corrected chi connectivity index (χ4v) is 5.84. The third kappa shape index (κ3) is 4.01. The lowest BCUT2D eigenvalue weighted by molar-refractivity contribution is 0.0700. The van der Waals surface area contributed by atoms with E-state index >= 15 is 0 Å². The average molecular weight is 464 g/mol. The average Bonchev–Trinajstić information content (AvgIpc) is 3.47. The van der Waals surface area contributed by atoms with Crippen LogP contribution in [0.5, 0.6) is 0 Å². The number of carbonyl (C=O) groups excluding carboxylic acids is 2. The summed E-state index contributed by atoms with van der Waals surface area (Å²) in [5.41, 5.74) is 5.83. The Hall–Kier alpha value is -2.87. The van der Waals surface area contributed by atoms with Crippen LogP contribution in [-0.2, 0) is 0 Å². The zero-order valence-corrected chi connectivity index (χ0v) is 20.2. The zero-order valence-electron chi connectivity index (χ0n) is 19.4. The Bertz CT molecular complexity index is 1220. The number of amides is 2. The van der Waals surface area contributed by atoms with Gasteiger partial charge in [0.05, 0.1) is 22.8 Å². The van der Waals surface area contributed by atoms with E-state index < -0.39 is 0 Å². The smallest absolute Gasteiger partial charge is 0.272 e. The minimum absolute atomic E-state index is 0.0200. The molecule has 33 heavy (non-hydrogen) atoms. The lowest BCUT2D eigenvalue weighted by Gasteiger charge is -2.32. The van der Waals surface area contributed by atoms with Crippen LogP contribution in [0.1, 0.15) is 62.3 Å². The number of likely N-dealkylation sites (tertiary alicyclic amines) is 1. The second-order valence-electron chi connectivity index (χ2n) is 8.99. The van der Waals surface area contributed by atoms with Gasteiger partial charge in [-0.15, -0.1) is 11.8 Å². The Morgan fingerprint density at radius 3 is 2.48 bits per heavy atom. The van der Waals surface area contributed by atoms with Gasteiger partial charge in [-0.3, -0.25) is 19.0 Å². The van der Waals surface area contributed by atoms with Gasteiger partial charge in [-0.05, 0) is 57.4 Å². The van der Waals surface area contributed by atoms with Crippen LogP contribution in [0.4, 0.5) is 0 Å². The van der Waals surface area contributed by atoms with Crippen molar-refractivity contribution in [2.75, 3.05) is 31.3 Å². The van der Waals surface area contributed by atoms with Crippen LogP contribution in [0, 0.1) is 20.8 Å². The first-order chi connectivity index (χ1) is 15.9. The molecule has 2 saturated heterocycles. The minimum atomic E-state index is 0.0200. The van der Waals surface area contributed by atoms with Gasteiger partial charge < -0.3 is 9.80 Å². The zero-order chi connectivity index (χ0) is 23.1. The molecule has 0 aromatic carbocycles. The summed E-state index contributed by atoms with van der Waals surface area (Å²) in [4.78, 5) is 39.8. The van der Waals surface area contributed by atoms with Gasteiger partial charge in [0.1, 0.15) is 11.3 Å². The Balaban J connectivity index is 1.35. The van der Waals surface area contributed by atoms with Gasteiger partial charge in [0.2, 0.25) is 0 Å². The fourth-order valence-electron chi connectivity index (χ4n) is 4.89. The summed E-state index contributed by atoms with van der Waals surface area (Å²) in [6.45, 7) is 7.96. The molecular weight excluding hydrogens is 434 g/mol. The molecule has 0 unspecified atom stereocenters. The highest BCUT2D eigenvalue weighted by Gasteiger charge is 2.31. The number of fused-ring (bicyclic) bond motifs is 1. The van der Waals surface area contributed by atoms with E-state index in [1.807, 2.05) is 65.4 Å². The van der Waals surface area contributed by atoms with E-state index in [-0.39, 0.29) is 17.7 Å². The molecule has 5 heterocycles. The molecule has 2 fully saturated rings. The summed E-state index contributed by atoms with van der Waals surface area (Å²) in [7, 11) is 0. The molecule has 0 bridgehead atoms. The van der Waals surface area contributed by atoms with Crippen molar-refractivity contribution in [2.45, 2.75) is 39.5 Å². The van der Waals surface area contributed by atoms with Gasteiger partial charge >= 0.3 is 0 Å². The first-order valence-corrected chi connectivity index (χ1v) is 12.7. The summed E-state index contributed by atoms with van der Waals surface area (Å²) in [6, 6.07) is 7.82. The minimum Gasteiger partial charge on any atom is -0.337 e. The third-order valence-corrected chi connectivity index (χ3v) is 7.69. The largest absolute Gasteiger partial charge is 0.337 e. The fraction of sp³-hybridized carbons (Fsp3) is 0.440. The highest BCUT2D eigenvalue weighted by atomic mass is 32.2. The van der Waals surface area contributed by atoms with Crippen molar-refractivity contribution in [1.29, 1.82) is 0 Å². The summed E-state index contributed by atoms with van der Waals surface area (Å²) < 4.78 is 1.91. The van der Waals surface area contributed by atoms with Crippen LogP contribution in [-0.4, -0.2) is 67.2 Å². The normalized spacial score (nSPS) is 17.2. The van der Waals surface area contributed by atoms with E-state index in [2.05, 4.69) is 4.98 Å². The van der Waals surface area contributed by atoms with Crippen LogP contribution in [0.2, 0.25) is 0 Å². The SMILES string of the molecule is Cc1ccc(C(=O)N2CCSC2)c(C2CCN(C(=O)c3c(C)nc4c(C)cccn34)CC2)n1. The Morgan fingerprint density at radius 2 is 1.76 bits per heavy atom. The Labute approximate surface area is 198 Å². The molecule has 172 valence electrons. The monoisotopic (exact) mass is 463 g/mol. The van der Waals surface area contributed by atoms with Crippen LogP contribution >= 0.6 is 11.8 Å². The topological polar surface area (TPSA) is 70.8 Å². The molecule has 2 aliphatic heterocycles. The van der Waals surface area contributed by atoms with Gasteiger partial charge in [-0.25, -0.2) is 4.98 Å². The molecule has 2 amide bonds. The van der Waals surface area contributed by atoms with Crippen LogP contribution in [0.15, 0.2) is 30.5 Å². The van der Waals surface area contributed by atoms with E-state index in [0.717, 1.165) is 64.9 Å². The lowest BCUT2D eigenvalue weighted by atomic mass is 9.89. The molecule has 3 aromatic rings. The number of imidazole rings is 1. The van der Waals surface area contributed by atoms with Crippen molar-refractivity contribution in [1.82, 2.24) is 24.2 Å². The summed E-state index contributed by atoms with van der Waals surface area (Å²) in [6.07, 6.45) is 3.51. The maximum Gasteiger partial charge on any atom is 0.272 e. The Kier molecular flexibility index (Phi) is 5.86. The number of pyridine rings is 2. The molecule has 0 radical (unpaired) electrons. The molecule has 0 N–H and O–H groups in total. The molecule has 0 atom stereocenters. The number of thioether (sulfide) groups is 1. The van der Waals surface area contributed by atoms with E-state index in [0.29, 0.717) is 18.8 Å². The van der Waals surface area contributed by atoms with Gasteiger partial charge in [-0.1, -0.05) is 6.07 Å². The summed E-state index contributed by atoms with van der Waals surface area (Å²) in [5, 5.41) is 0. The lowest BCUT2D eigenvalue weighted by Crippen LogP contribution is -2.39. The highest BCUT2D eigenvalue weighted by Crippen LogP contribution is 2.32. The molecular formula is C25H29N5O2S. The first kappa shape index (κ1) is 21.9. The van der Waals surface area contributed by atoms with Crippen molar-refractivity contribution >= 4 is 29.2 Å². The van der Waals surface area contributed by atoms with Gasteiger partial charge in [-0.2, -0.15) is 0 Å². The van der Waals surface area contributed by atoms with Gasteiger partial charge in [0, 0.05) is 43.2 Å². The van der Waals surface area contributed by atoms with Gasteiger partial charge in [0.25, 0.3) is 11.8 Å². The van der Waals surface area contributed by atoms with Crippen LogP contribution < -0.4 is 0 Å². The van der Waals surface area contributed by atoms with Crippen molar-refractivity contribution < 1.29 is 9.59 Å². The molecule has 7 nitrogen and oxygen atoms in total. The predicted octanol–water partition coefficient (Wildman–Crippen LogP) is 3.82. The second kappa shape index (κ2) is 8.82. The maximum absolute atomic E-state index is 13.4. The number of hydrogen-bond acceptors (Lipinski definition) is 5. The number of aromatic nitrogens is 3. The number of rotatable bonds is 3. The summed E-state index contributed by atoms with van der Waals surface area (Å²) >= 11 is 1.79. The quantitative estimate of drug-likeness (QED) is 0.591. The van der Waals surface area contributed by atoms with Crippen molar-refractivity contribution in [3.8, 4) is 0 Å². The van der Waals surface area contributed by atoms with Crippen LogP contribution in [0.3, 0.4) is 0 Å². The van der Waals surface area contributed by atoms with E-state index in [1.165, 1.54) is 0 Å². The standard InChI is InChI=1S/C25H29N5O2S/c1-16-5-4-10-30-22(18(3)27-23(16)30)25(32)28-11-8-19(9-12-28)21-20(7-6-17(2)26-21)24(31)29-13-14-33-15-29/h4-7,10,19H,8-9,11-15H2,1-3H3. The van der Waals surface area contributed by atoms with Crippen molar-refractivity contribution in [3.05, 3.63) is 64.4 Å². The number of piperidine rings is 1. The summed E-state index contributed by atoms with van der Waals surface area (Å²) in [5.74, 6) is 2.01. The number of nitrogens with zero attached hydrogens (tertiary/aromatic N) is 5. The van der Waals surface area contributed by atoms with Gasteiger partial charge in [0.15, 0.2) is 0 Å². The molecule has 8 heteroatoms. The van der Waals surface area contributed by atoms with Crippen molar-refractivity contribution in [2.24, 2.45) is 0 Å². The molecule has 2 aliphatic rings. The van der Waals surface area contributed by atoms with E-state index in [4.69, 9.17) is 4.98 Å². The third-order valence-electron chi connectivity index (χ3n) is 6.73. The molecule has 5 rings (SSSR count). The number of carbonyl (C=O) groups is 2. The van der Waals surface area contributed by atoms with Crippen LogP contribution in [0.25, 0.3) is 5.65 Å². The first-order valence-electron chi connectivity index (χ1n) is 11.5. The predicted molar refractivity (Wildman–Crippen MR) is 130 cm³/mol. The molecule has 0 saturated carbocycles. The van der Waals surface area contributed by atoms with Crippen molar-refractivity contribution in [3.63, 3.8) is 0 Å². The van der Waals surface area contributed by atoms with E-state index in [9.17, 15) is 9.59 Å². The van der Waals surface area contributed by atoms with E-state index in [1.54, 1.807) is 11.8 Å². The number of aryl methyl sites for hydroxylation is 3. The second-order valence-corrected chi connectivity index (χ2v) is 10.1. The highest BCUT2D eigenvalue weighted by molar-refractivity contribution is 7.99. The molecule has 3 aromatic heterocycles. The molecule has 0 aliphatic carbocycles. The maximum atomic E-state index is 13.4. The number of hydrogen-bond donors (Lipinski definition) is 0. The molecule has 0 spiro atoms.